The predicted octanol–water partition coefficient (Wildman–Crippen LogP) is 2.20. The number of hydrogen-bond acceptors (Lipinski definition) is 5. The van der Waals surface area contributed by atoms with E-state index in [1.54, 1.807) is 18.2 Å². The highest BCUT2D eigenvalue weighted by atomic mass is 19.1. The SMILES string of the molecule is O=C(Cc1ccoc1-c1ccccc1F)C(=O)c1nc[nH]n1. The molecule has 0 saturated carbocycles. The molecule has 0 aliphatic rings. The molecule has 0 spiro atoms. The molecule has 1 N–H and O–H groups in total. The molecule has 0 atom stereocenters. The van der Waals surface area contributed by atoms with Crippen LogP contribution in [0.25, 0.3) is 11.3 Å². The van der Waals surface area contributed by atoms with Gasteiger partial charge in [-0.2, -0.15) is 0 Å². The first-order valence-corrected chi connectivity index (χ1v) is 6.41. The first-order chi connectivity index (χ1) is 10.7. The fraction of sp³-hybridized carbons (Fsp3) is 0.0667. The molecule has 0 amide bonds. The summed E-state index contributed by atoms with van der Waals surface area (Å²) in [5.74, 6) is -1.93. The standard InChI is InChI=1S/C15H10FN3O3/c16-11-4-2-1-3-10(11)14-9(5-6-22-14)7-12(20)13(21)15-17-8-18-19-15/h1-6,8H,7H2,(H,17,18,19). The van der Waals surface area contributed by atoms with Crippen LogP contribution in [0.5, 0.6) is 0 Å². The van der Waals surface area contributed by atoms with Gasteiger partial charge >= 0.3 is 0 Å². The summed E-state index contributed by atoms with van der Waals surface area (Å²) in [6.07, 6.45) is 2.35. The van der Waals surface area contributed by atoms with Gasteiger partial charge in [0.15, 0.2) is 0 Å². The predicted molar refractivity (Wildman–Crippen MR) is 73.5 cm³/mol. The van der Waals surface area contributed by atoms with Crippen molar-refractivity contribution >= 4 is 11.6 Å². The molecule has 0 radical (unpaired) electrons. The summed E-state index contributed by atoms with van der Waals surface area (Å²) in [6.45, 7) is 0. The highest BCUT2D eigenvalue weighted by Crippen LogP contribution is 2.27. The first kappa shape index (κ1) is 13.9. The maximum Gasteiger partial charge on any atom is 0.267 e. The van der Waals surface area contributed by atoms with Crippen LogP contribution in [0.15, 0.2) is 47.3 Å². The summed E-state index contributed by atoms with van der Waals surface area (Å²) in [6, 6.07) is 7.58. The van der Waals surface area contributed by atoms with Crippen molar-refractivity contribution in [3.63, 3.8) is 0 Å². The van der Waals surface area contributed by atoms with E-state index in [9.17, 15) is 14.0 Å². The summed E-state index contributed by atoms with van der Waals surface area (Å²) < 4.78 is 19.1. The molecular weight excluding hydrogens is 289 g/mol. The summed E-state index contributed by atoms with van der Waals surface area (Å²) in [4.78, 5) is 27.5. The summed E-state index contributed by atoms with van der Waals surface area (Å²) in [5, 5.41) is 5.94. The molecule has 110 valence electrons. The number of H-pyrrole nitrogens is 1. The van der Waals surface area contributed by atoms with Crippen LogP contribution >= 0.6 is 0 Å². The Labute approximate surface area is 124 Å². The number of nitrogens with one attached hydrogen (secondary N) is 1. The molecular formula is C15H10FN3O3. The van der Waals surface area contributed by atoms with Crippen molar-refractivity contribution in [2.24, 2.45) is 0 Å². The molecule has 0 bridgehead atoms. The van der Waals surface area contributed by atoms with Crippen molar-refractivity contribution in [1.82, 2.24) is 15.2 Å². The second-order valence-electron chi connectivity index (χ2n) is 4.51. The molecule has 0 aliphatic heterocycles. The van der Waals surface area contributed by atoms with E-state index in [1.807, 2.05) is 0 Å². The Morgan fingerprint density at radius 3 is 2.77 bits per heavy atom. The molecule has 2 aromatic heterocycles. The van der Waals surface area contributed by atoms with E-state index < -0.39 is 17.4 Å². The highest BCUT2D eigenvalue weighted by molar-refractivity contribution is 6.43. The third-order valence-electron chi connectivity index (χ3n) is 3.09. The Bertz CT molecular complexity index is 824. The Morgan fingerprint density at radius 1 is 1.23 bits per heavy atom. The van der Waals surface area contributed by atoms with E-state index in [1.165, 1.54) is 24.7 Å². The fourth-order valence-corrected chi connectivity index (χ4v) is 2.05. The third kappa shape index (κ3) is 2.56. The quantitative estimate of drug-likeness (QED) is 0.576. The molecule has 0 fully saturated rings. The zero-order chi connectivity index (χ0) is 15.5. The van der Waals surface area contributed by atoms with Crippen LogP contribution in [0, 0.1) is 5.82 Å². The molecule has 3 aromatic rings. The number of rotatable bonds is 5. The topological polar surface area (TPSA) is 88.9 Å². The third-order valence-corrected chi connectivity index (χ3v) is 3.09. The number of nitrogens with zero attached hydrogens (tertiary/aromatic N) is 2. The lowest BCUT2D eigenvalue weighted by molar-refractivity contribution is -0.114. The Hall–Kier alpha value is -3.09. The van der Waals surface area contributed by atoms with Gasteiger partial charge < -0.3 is 4.42 Å². The van der Waals surface area contributed by atoms with Gasteiger partial charge in [0.25, 0.3) is 5.78 Å². The lowest BCUT2D eigenvalue weighted by atomic mass is 10.0. The number of Topliss-reactive ketones (excluding diaryl/α,β-unsaturated/α-hetero) is 2. The van der Waals surface area contributed by atoms with E-state index in [0.717, 1.165) is 0 Å². The smallest absolute Gasteiger partial charge is 0.267 e. The largest absolute Gasteiger partial charge is 0.464 e. The molecule has 2 heterocycles. The molecule has 0 unspecified atom stereocenters. The van der Waals surface area contributed by atoms with Crippen LogP contribution in [0.1, 0.15) is 16.2 Å². The molecule has 22 heavy (non-hydrogen) atoms. The molecule has 6 nitrogen and oxygen atoms in total. The van der Waals surface area contributed by atoms with E-state index >= 15 is 0 Å². The molecule has 3 rings (SSSR count). The lowest BCUT2D eigenvalue weighted by Crippen LogP contribution is -2.18. The van der Waals surface area contributed by atoms with Crippen LogP contribution < -0.4 is 0 Å². The van der Waals surface area contributed by atoms with Gasteiger partial charge in [-0.3, -0.25) is 14.7 Å². The van der Waals surface area contributed by atoms with E-state index in [2.05, 4.69) is 15.2 Å². The monoisotopic (exact) mass is 299 g/mol. The first-order valence-electron chi connectivity index (χ1n) is 6.41. The van der Waals surface area contributed by atoms with Crippen molar-refractivity contribution in [3.8, 4) is 11.3 Å². The Kier molecular flexibility index (Phi) is 3.61. The summed E-state index contributed by atoms with van der Waals surface area (Å²) >= 11 is 0. The van der Waals surface area contributed by atoms with Crippen LogP contribution in [0.2, 0.25) is 0 Å². The number of carbonyl (C=O) groups excluding carboxylic acids is 2. The number of aromatic amines is 1. The Morgan fingerprint density at radius 2 is 2.05 bits per heavy atom. The number of aromatic nitrogens is 3. The van der Waals surface area contributed by atoms with E-state index in [0.29, 0.717) is 5.56 Å². The minimum absolute atomic E-state index is 0.194. The number of benzene rings is 1. The van der Waals surface area contributed by atoms with Crippen molar-refractivity contribution < 1.29 is 18.4 Å². The van der Waals surface area contributed by atoms with Gasteiger partial charge in [-0.15, -0.1) is 5.10 Å². The minimum atomic E-state index is -0.804. The van der Waals surface area contributed by atoms with Crippen molar-refractivity contribution in [2.75, 3.05) is 0 Å². The van der Waals surface area contributed by atoms with Crippen molar-refractivity contribution in [1.29, 1.82) is 0 Å². The average Bonchev–Trinajstić information content (AvgIpc) is 3.18. The van der Waals surface area contributed by atoms with E-state index in [4.69, 9.17) is 4.42 Å². The average molecular weight is 299 g/mol. The number of hydrogen-bond donors (Lipinski definition) is 1. The second-order valence-corrected chi connectivity index (χ2v) is 4.51. The normalized spacial score (nSPS) is 10.6. The molecule has 7 heteroatoms. The van der Waals surface area contributed by atoms with Crippen LogP contribution in [0.3, 0.4) is 0 Å². The van der Waals surface area contributed by atoms with Crippen LogP contribution in [-0.4, -0.2) is 26.7 Å². The van der Waals surface area contributed by atoms with Gasteiger partial charge in [-0.1, -0.05) is 12.1 Å². The maximum atomic E-state index is 13.8. The second kappa shape index (κ2) is 5.72. The summed E-state index contributed by atoms with van der Waals surface area (Å²) in [5.41, 5.74) is 0.666. The van der Waals surface area contributed by atoms with Crippen molar-refractivity contribution in [3.05, 3.63) is 60.1 Å². The Balaban J connectivity index is 1.86. The zero-order valence-corrected chi connectivity index (χ0v) is 11.2. The molecule has 1 aromatic carbocycles. The molecule has 0 saturated heterocycles. The van der Waals surface area contributed by atoms with Gasteiger partial charge in [0.2, 0.25) is 11.6 Å². The lowest BCUT2D eigenvalue weighted by Gasteiger charge is -2.03. The highest BCUT2D eigenvalue weighted by Gasteiger charge is 2.23. The van der Waals surface area contributed by atoms with Gasteiger partial charge in [-0.05, 0) is 18.2 Å². The van der Waals surface area contributed by atoms with Gasteiger partial charge in [0.05, 0.1) is 11.8 Å². The number of ketones is 2. The fourth-order valence-electron chi connectivity index (χ4n) is 2.05. The summed E-state index contributed by atoms with van der Waals surface area (Å²) in [7, 11) is 0. The van der Waals surface area contributed by atoms with Gasteiger partial charge in [0.1, 0.15) is 17.9 Å². The van der Waals surface area contributed by atoms with Crippen molar-refractivity contribution in [2.45, 2.75) is 6.42 Å². The number of carbonyl (C=O) groups is 2. The maximum absolute atomic E-state index is 13.8. The minimum Gasteiger partial charge on any atom is -0.464 e. The number of furan rings is 1. The zero-order valence-electron chi connectivity index (χ0n) is 11.2. The van der Waals surface area contributed by atoms with Gasteiger partial charge in [-0.25, -0.2) is 9.37 Å². The van der Waals surface area contributed by atoms with E-state index in [-0.39, 0.29) is 23.6 Å². The van der Waals surface area contributed by atoms with Gasteiger partial charge in [0, 0.05) is 12.0 Å². The number of halogens is 1. The van der Waals surface area contributed by atoms with Crippen LogP contribution in [0.4, 0.5) is 4.39 Å². The van der Waals surface area contributed by atoms with Crippen LogP contribution in [-0.2, 0) is 11.2 Å². The molecule has 0 aliphatic carbocycles.